The minimum atomic E-state index is -4.25. The second-order valence-corrected chi connectivity index (χ2v) is 15.0. The molecule has 0 heterocycles. The van der Waals surface area contributed by atoms with E-state index in [9.17, 15) is 18.0 Å². The van der Waals surface area contributed by atoms with Gasteiger partial charge in [0.15, 0.2) is 0 Å². The lowest BCUT2D eigenvalue weighted by molar-refractivity contribution is -0.140. The molecule has 0 bridgehead atoms. The zero-order valence-corrected chi connectivity index (χ0v) is 29.9. The normalized spacial score (nSPS) is 13.9. The first-order valence-corrected chi connectivity index (χ1v) is 18.6. The van der Waals surface area contributed by atoms with Gasteiger partial charge in [0.1, 0.15) is 18.3 Å². The third-order valence-corrected chi connectivity index (χ3v) is 10.9. The van der Waals surface area contributed by atoms with Gasteiger partial charge >= 0.3 is 0 Å². The molecule has 1 saturated carbocycles. The van der Waals surface area contributed by atoms with Crippen molar-refractivity contribution in [3.8, 4) is 5.75 Å². The molecule has 0 spiro atoms. The van der Waals surface area contributed by atoms with Crippen LogP contribution < -0.4 is 14.4 Å². The molecule has 4 aromatic rings. The van der Waals surface area contributed by atoms with Crippen molar-refractivity contribution < 1.29 is 22.7 Å². The summed E-state index contributed by atoms with van der Waals surface area (Å²) in [6, 6.07) is 28.6. The number of nitrogens with one attached hydrogen (secondary N) is 1. The number of hydrogen-bond donors (Lipinski definition) is 1. The minimum absolute atomic E-state index is 0.0205. The molecular formula is C37H39BrClN3O5S. The maximum absolute atomic E-state index is 14.7. The summed E-state index contributed by atoms with van der Waals surface area (Å²) in [5.74, 6) is -0.212. The van der Waals surface area contributed by atoms with Crippen LogP contribution in [-0.4, -0.2) is 50.4 Å². The van der Waals surface area contributed by atoms with E-state index in [1.165, 1.54) is 29.2 Å². The molecule has 0 radical (unpaired) electrons. The summed E-state index contributed by atoms with van der Waals surface area (Å²) >= 11 is 9.56. The van der Waals surface area contributed by atoms with E-state index in [0.29, 0.717) is 17.4 Å². The number of rotatable bonds is 14. The molecule has 1 N–H and O–H groups in total. The van der Waals surface area contributed by atoms with Crippen LogP contribution >= 0.6 is 27.5 Å². The Morgan fingerprint density at radius 3 is 2.17 bits per heavy atom. The number of amides is 2. The number of benzene rings is 4. The average Bonchev–Trinajstić information content (AvgIpc) is 3.60. The van der Waals surface area contributed by atoms with E-state index in [-0.39, 0.29) is 35.5 Å². The molecule has 11 heteroatoms. The first-order valence-electron chi connectivity index (χ1n) is 16.0. The molecule has 1 aliphatic carbocycles. The molecule has 0 aliphatic heterocycles. The molecule has 8 nitrogen and oxygen atoms in total. The molecule has 1 atom stereocenters. The Hall–Kier alpha value is -3.86. The lowest BCUT2D eigenvalue weighted by Gasteiger charge is -2.34. The Kier molecular flexibility index (Phi) is 12.2. The lowest BCUT2D eigenvalue weighted by Crippen LogP contribution is -2.54. The average molecular weight is 753 g/mol. The lowest BCUT2D eigenvalue weighted by atomic mass is 10.0. The fraction of sp³-hybridized carbons (Fsp3) is 0.297. The summed E-state index contributed by atoms with van der Waals surface area (Å²) in [5.41, 5.74) is 1.96. The number of anilines is 1. The smallest absolute Gasteiger partial charge is 0.264 e. The van der Waals surface area contributed by atoms with E-state index in [2.05, 4.69) is 21.2 Å². The van der Waals surface area contributed by atoms with Crippen molar-refractivity contribution in [2.45, 2.75) is 62.6 Å². The van der Waals surface area contributed by atoms with Crippen molar-refractivity contribution in [2.24, 2.45) is 0 Å². The Balaban J connectivity index is 1.56. The van der Waals surface area contributed by atoms with E-state index in [1.807, 2.05) is 61.5 Å². The summed E-state index contributed by atoms with van der Waals surface area (Å²) in [5, 5.41) is 3.58. The third-order valence-electron chi connectivity index (χ3n) is 8.36. The first kappa shape index (κ1) is 35.4. The fourth-order valence-electron chi connectivity index (χ4n) is 5.85. The van der Waals surface area contributed by atoms with Crippen LogP contribution in [0.3, 0.4) is 0 Å². The third kappa shape index (κ3) is 9.18. The number of sulfonamides is 1. The number of halogens is 2. The van der Waals surface area contributed by atoms with Crippen LogP contribution in [-0.2, 0) is 32.6 Å². The predicted molar refractivity (Wildman–Crippen MR) is 193 cm³/mol. The monoisotopic (exact) mass is 751 g/mol. The van der Waals surface area contributed by atoms with Gasteiger partial charge in [0.25, 0.3) is 10.0 Å². The maximum atomic E-state index is 14.7. The van der Waals surface area contributed by atoms with Crippen molar-refractivity contribution in [3.05, 3.63) is 124 Å². The van der Waals surface area contributed by atoms with Gasteiger partial charge in [0.05, 0.1) is 17.2 Å². The van der Waals surface area contributed by atoms with Crippen molar-refractivity contribution in [3.63, 3.8) is 0 Å². The van der Waals surface area contributed by atoms with E-state index in [4.69, 9.17) is 16.3 Å². The highest BCUT2D eigenvalue weighted by Crippen LogP contribution is 2.28. The highest BCUT2D eigenvalue weighted by Gasteiger charge is 2.35. The van der Waals surface area contributed by atoms with Gasteiger partial charge in [-0.15, -0.1) is 0 Å². The second-order valence-electron chi connectivity index (χ2n) is 11.7. The molecule has 1 aliphatic rings. The van der Waals surface area contributed by atoms with E-state index >= 15 is 0 Å². The fourth-order valence-corrected chi connectivity index (χ4v) is 7.65. The summed E-state index contributed by atoms with van der Waals surface area (Å²) in [7, 11) is -4.25. The summed E-state index contributed by atoms with van der Waals surface area (Å²) in [4.78, 5) is 30.3. The van der Waals surface area contributed by atoms with Gasteiger partial charge in [-0.2, -0.15) is 0 Å². The number of carbonyl (C=O) groups excluding carboxylic acids is 2. The van der Waals surface area contributed by atoms with E-state index in [1.54, 1.807) is 24.3 Å². The van der Waals surface area contributed by atoms with E-state index < -0.39 is 28.5 Å². The largest absolute Gasteiger partial charge is 0.494 e. The van der Waals surface area contributed by atoms with Gasteiger partial charge in [-0.05, 0) is 91.6 Å². The highest BCUT2D eigenvalue weighted by atomic mass is 79.9. The van der Waals surface area contributed by atoms with Gasteiger partial charge in [0.2, 0.25) is 11.8 Å². The Bertz CT molecular complexity index is 1770. The van der Waals surface area contributed by atoms with Crippen molar-refractivity contribution in [2.75, 3.05) is 17.5 Å². The van der Waals surface area contributed by atoms with Gasteiger partial charge < -0.3 is 15.0 Å². The number of carbonyl (C=O) groups is 2. The molecule has 1 unspecified atom stereocenters. The zero-order valence-electron chi connectivity index (χ0n) is 26.7. The summed E-state index contributed by atoms with van der Waals surface area (Å²) in [6.45, 7) is 1.86. The van der Waals surface area contributed by atoms with Crippen LogP contribution in [0.5, 0.6) is 5.75 Å². The van der Waals surface area contributed by atoms with Gasteiger partial charge in [-0.1, -0.05) is 82.8 Å². The zero-order chi connectivity index (χ0) is 34.1. The van der Waals surface area contributed by atoms with Gasteiger partial charge in [-0.25, -0.2) is 8.42 Å². The molecular weight excluding hydrogens is 714 g/mol. The molecule has 252 valence electrons. The molecule has 4 aromatic carbocycles. The van der Waals surface area contributed by atoms with Crippen LogP contribution in [0.4, 0.5) is 5.69 Å². The SMILES string of the molecule is CCOc1ccc(N(CC(=O)N(Cc2ccc(Br)cc2)C(Cc2ccccc2)C(=O)NC2CCCC2)S(=O)(=O)c2ccc(Cl)cc2)cc1. The molecule has 0 saturated heterocycles. The summed E-state index contributed by atoms with van der Waals surface area (Å²) < 4.78 is 36.0. The molecule has 48 heavy (non-hydrogen) atoms. The van der Waals surface area contributed by atoms with Crippen LogP contribution in [0.15, 0.2) is 112 Å². The van der Waals surface area contributed by atoms with Crippen molar-refractivity contribution in [1.82, 2.24) is 10.2 Å². The van der Waals surface area contributed by atoms with Gasteiger partial charge in [-0.3, -0.25) is 13.9 Å². The molecule has 5 rings (SSSR count). The van der Waals surface area contributed by atoms with Crippen LogP contribution in [0, 0.1) is 0 Å². The number of ether oxygens (including phenoxy) is 1. The number of hydrogen-bond acceptors (Lipinski definition) is 5. The Labute approximate surface area is 296 Å². The highest BCUT2D eigenvalue weighted by molar-refractivity contribution is 9.10. The quantitative estimate of drug-likeness (QED) is 0.145. The minimum Gasteiger partial charge on any atom is -0.494 e. The Morgan fingerprint density at radius 1 is 0.896 bits per heavy atom. The standard InChI is InChI=1S/C37H39BrClN3O5S/c1-2-47-33-20-18-32(19-21-33)42(48(45,46)34-22-16-30(39)17-23-34)26-36(43)41(25-28-12-14-29(38)15-13-28)35(24-27-8-4-3-5-9-27)37(44)40-31-10-6-7-11-31/h3-5,8-9,12-23,31,35H,2,6-7,10-11,24-26H2,1H3,(H,40,44). The summed E-state index contributed by atoms with van der Waals surface area (Å²) in [6.07, 6.45) is 4.10. The molecule has 0 aromatic heterocycles. The van der Waals surface area contributed by atoms with Crippen molar-refractivity contribution >= 4 is 55.1 Å². The molecule has 2 amide bonds. The Morgan fingerprint density at radius 2 is 1.54 bits per heavy atom. The van der Waals surface area contributed by atoms with Crippen LogP contribution in [0.2, 0.25) is 5.02 Å². The van der Waals surface area contributed by atoms with Crippen molar-refractivity contribution in [1.29, 1.82) is 0 Å². The first-order chi connectivity index (χ1) is 23.1. The van der Waals surface area contributed by atoms with Gasteiger partial charge in [0, 0.05) is 28.5 Å². The second kappa shape index (κ2) is 16.5. The maximum Gasteiger partial charge on any atom is 0.264 e. The topological polar surface area (TPSA) is 96.0 Å². The van der Waals surface area contributed by atoms with Crippen LogP contribution in [0.25, 0.3) is 0 Å². The van der Waals surface area contributed by atoms with E-state index in [0.717, 1.165) is 45.6 Å². The number of nitrogens with zero attached hydrogens (tertiary/aromatic N) is 2. The van der Waals surface area contributed by atoms with Crippen LogP contribution in [0.1, 0.15) is 43.7 Å². The molecule has 1 fully saturated rings. The predicted octanol–water partition coefficient (Wildman–Crippen LogP) is 7.40.